The first-order chi connectivity index (χ1) is 16.2. The molecule has 0 radical (unpaired) electrons. The molecule has 0 aliphatic carbocycles. The van der Waals surface area contributed by atoms with E-state index in [1.807, 2.05) is 72.8 Å². The van der Waals surface area contributed by atoms with Crippen LogP contribution in [0.5, 0.6) is 5.75 Å². The minimum Gasteiger partial charge on any atom is -0.491 e. The second-order valence-corrected chi connectivity index (χ2v) is 9.80. The summed E-state index contributed by atoms with van der Waals surface area (Å²) in [6.45, 7) is 2.91. The van der Waals surface area contributed by atoms with E-state index in [0.29, 0.717) is 24.0 Å². The molecule has 0 aliphatic heterocycles. The van der Waals surface area contributed by atoms with E-state index in [9.17, 15) is 4.21 Å². The first-order valence-electron chi connectivity index (χ1n) is 10.6. The van der Waals surface area contributed by atoms with Crippen molar-refractivity contribution in [3.8, 4) is 5.75 Å². The predicted molar refractivity (Wildman–Crippen MR) is 133 cm³/mol. The fourth-order valence-electron chi connectivity index (χ4n) is 3.56. The zero-order chi connectivity index (χ0) is 22.6. The monoisotopic (exact) mass is 474 g/mol. The molecule has 0 spiro atoms. The van der Waals surface area contributed by atoms with Crippen LogP contribution in [0.15, 0.2) is 99.7 Å². The van der Waals surface area contributed by atoms with Gasteiger partial charge in [-0.3, -0.25) is 5.10 Å². The van der Waals surface area contributed by atoms with Gasteiger partial charge in [-0.1, -0.05) is 54.1 Å². The summed E-state index contributed by atoms with van der Waals surface area (Å²) in [6, 6.07) is 27.6. The highest BCUT2D eigenvalue weighted by Crippen LogP contribution is 2.30. The molecule has 4 aromatic carbocycles. The van der Waals surface area contributed by atoms with Crippen LogP contribution in [0.2, 0.25) is 0 Å². The third kappa shape index (κ3) is 4.80. The summed E-state index contributed by atoms with van der Waals surface area (Å²) in [7, 11) is -1.41. The smallest absolute Gasteiger partial charge is 0.135 e. The van der Waals surface area contributed by atoms with Crippen molar-refractivity contribution in [3.05, 3.63) is 90.5 Å². The summed E-state index contributed by atoms with van der Waals surface area (Å²) in [6.07, 6.45) is 0. The summed E-state index contributed by atoms with van der Waals surface area (Å²) >= 11 is 1.34. The molecule has 166 valence electrons. The lowest BCUT2D eigenvalue weighted by molar-refractivity contribution is 0.239. The molecule has 0 fully saturated rings. The van der Waals surface area contributed by atoms with Crippen LogP contribution in [-0.2, 0) is 15.0 Å². The summed E-state index contributed by atoms with van der Waals surface area (Å²) in [4.78, 5) is 1.81. The Morgan fingerprint density at radius 2 is 1.73 bits per heavy atom. The Morgan fingerprint density at radius 1 is 0.909 bits per heavy atom. The van der Waals surface area contributed by atoms with Gasteiger partial charge < -0.3 is 8.92 Å². The summed E-state index contributed by atoms with van der Waals surface area (Å²) in [5, 5.41) is 10.7. The van der Waals surface area contributed by atoms with E-state index in [1.165, 1.54) is 17.6 Å². The molecule has 1 atom stereocenters. The van der Waals surface area contributed by atoms with Crippen LogP contribution < -0.4 is 4.74 Å². The fourth-order valence-corrected chi connectivity index (χ4v) is 5.40. The van der Waals surface area contributed by atoms with Gasteiger partial charge in [0.05, 0.1) is 17.0 Å². The Labute approximate surface area is 198 Å². The van der Waals surface area contributed by atoms with E-state index in [1.54, 1.807) is 0 Å². The second kappa shape index (κ2) is 9.79. The number of hydrogen-bond acceptors (Lipinski definition) is 5. The Morgan fingerprint density at radius 3 is 2.61 bits per heavy atom. The Balaban J connectivity index is 1.28. The lowest BCUT2D eigenvalue weighted by atomic mass is 10.1. The largest absolute Gasteiger partial charge is 0.491 e. The Bertz CT molecular complexity index is 1430. The standard InChI is InChI=1S/C26H22N2O3S2/c1-18-9-12-21(13-10-18)32-31-16-15-30-20-11-14-24-23(17-20)26(28-27-24)33(29)25-8-4-6-19-5-2-3-7-22(19)25/h2-14,17H,15-16H2,1H3,(H,27,28). The van der Waals surface area contributed by atoms with Crippen molar-refractivity contribution in [3.63, 3.8) is 0 Å². The number of nitrogens with zero attached hydrogens (tertiary/aromatic N) is 1. The first-order valence-corrected chi connectivity index (χ1v) is 12.4. The van der Waals surface area contributed by atoms with E-state index in [0.717, 1.165) is 31.5 Å². The van der Waals surface area contributed by atoms with Gasteiger partial charge >= 0.3 is 0 Å². The minimum absolute atomic E-state index is 0.407. The van der Waals surface area contributed by atoms with E-state index in [4.69, 9.17) is 8.92 Å². The van der Waals surface area contributed by atoms with Crippen LogP contribution in [0.4, 0.5) is 0 Å². The number of fused-ring (bicyclic) bond motifs is 2. The maximum Gasteiger partial charge on any atom is 0.135 e. The lowest BCUT2D eigenvalue weighted by Gasteiger charge is -2.08. The molecule has 0 aliphatic rings. The molecule has 5 nitrogen and oxygen atoms in total. The molecule has 0 saturated heterocycles. The highest BCUT2D eigenvalue weighted by atomic mass is 32.2. The van der Waals surface area contributed by atoms with Crippen LogP contribution >= 0.6 is 12.0 Å². The fraction of sp³-hybridized carbons (Fsp3) is 0.115. The molecule has 1 heterocycles. The number of hydrogen-bond donors (Lipinski definition) is 1. The van der Waals surface area contributed by atoms with Crippen LogP contribution in [0.1, 0.15) is 5.56 Å². The van der Waals surface area contributed by atoms with E-state index in [2.05, 4.69) is 29.3 Å². The molecule has 0 amide bonds. The average molecular weight is 475 g/mol. The van der Waals surface area contributed by atoms with Crippen LogP contribution in [0, 0.1) is 6.92 Å². The number of benzene rings is 4. The third-order valence-corrected chi connectivity index (χ3v) is 7.42. The number of aromatic nitrogens is 2. The van der Waals surface area contributed by atoms with Crippen LogP contribution in [0.3, 0.4) is 0 Å². The average Bonchev–Trinajstić information content (AvgIpc) is 3.27. The number of aryl methyl sites for hydroxylation is 1. The maximum atomic E-state index is 13.5. The number of aromatic amines is 1. The number of ether oxygens (including phenoxy) is 1. The summed E-state index contributed by atoms with van der Waals surface area (Å²) < 4.78 is 25.0. The topological polar surface area (TPSA) is 64.2 Å². The third-order valence-electron chi connectivity index (χ3n) is 5.24. The molecular formula is C26H22N2O3S2. The van der Waals surface area contributed by atoms with Gasteiger partial charge in [-0.05, 0) is 54.1 Å². The zero-order valence-electron chi connectivity index (χ0n) is 18.0. The molecule has 1 N–H and O–H groups in total. The molecule has 33 heavy (non-hydrogen) atoms. The summed E-state index contributed by atoms with van der Waals surface area (Å²) in [5.41, 5.74) is 1.97. The van der Waals surface area contributed by atoms with Gasteiger partial charge in [-0.15, -0.1) is 0 Å². The van der Waals surface area contributed by atoms with Crippen molar-refractivity contribution < 1.29 is 13.1 Å². The molecule has 7 heteroatoms. The van der Waals surface area contributed by atoms with Crippen molar-refractivity contribution in [1.29, 1.82) is 0 Å². The van der Waals surface area contributed by atoms with Gasteiger partial charge in [0, 0.05) is 22.3 Å². The predicted octanol–water partition coefficient (Wildman–Crippen LogP) is 6.29. The van der Waals surface area contributed by atoms with Gasteiger partial charge in [0.1, 0.15) is 28.2 Å². The minimum atomic E-state index is -1.41. The molecule has 0 bridgehead atoms. The molecule has 0 saturated carbocycles. The molecule has 1 unspecified atom stereocenters. The van der Waals surface area contributed by atoms with Gasteiger partial charge in [-0.2, -0.15) is 5.10 Å². The van der Waals surface area contributed by atoms with Gasteiger partial charge in [0.2, 0.25) is 0 Å². The van der Waals surface area contributed by atoms with Crippen LogP contribution in [-0.4, -0.2) is 27.6 Å². The zero-order valence-corrected chi connectivity index (χ0v) is 19.6. The normalized spacial score (nSPS) is 12.3. The summed E-state index contributed by atoms with van der Waals surface area (Å²) in [5.74, 6) is 0.684. The highest BCUT2D eigenvalue weighted by Gasteiger charge is 2.17. The van der Waals surface area contributed by atoms with Gasteiger partial charge in [0.15, 0.2) is 0 Å². The SMILES string of the molecule is Cc1ccc(SOCCOc2ccc3n[nH]c(S(=O)c4cccc5ccccc45)c3c2)cc1. The molecule has 1 aromatic heterocycles. The van der Waals surface area contributed by atoms with E-state index in [-0.39, 0.29) is 0 Å². The number of rotatable bonds is 8. The maximum absolute atomic E-state index is 13.5. The van der Waals surface area contributed by atoms with Crippen molar-refractivity contribution in [2.24, 2.45) is 0 Å². The molecule has 5 aromatic rings. The van der Waals surface area contributed by atoms with Crippen molar-refractivity contribution in [1.82, 2.24) is 10.2 Å². The molecular weight excluding hydrogens is 452 g/mol. The van der Waals surface area contributed by atoms with Gasteiger partial charge in [-0.25, -0.2) is 4.21 Å². The number of H-pyrrole nitrogens is 1. The van der Waals surface area contributed by atoms with E-state index >= 15 is 0 Å². The molecule has 5 rings (SSSR count). The van der Waals surface area contributed by atoms with Crippen molar-refractivity contribution in [2.45, 2.75) is 21.7 Å². The number of nitrogens with one attached hydrogen (secondary N) is 1. The lowest BCUT2D eigenvalue weighted by Crippen LogP contribution is -2.03. The Hall–Kier alpha value is -3.13. The second-order valence-electron chi connectivity index (χ2n) is 7.54. The van der Waals surface area contributed by atoms with Crippen LogP contribution in [0.25, 0.3) is 21.7 Å². The Kier molecular flexibility index (Phi) is 6.44. The van der Waals surface area contributed by atoms with Gasteiger partial charge in [0.25, 0.3) is 0 Å². The highest BCUT2D eigenvalue weighted by molar-refractivity contribution is 7.94. The van der Waals surface area contributed by atoms with Crippen molar-refractivity contribution in [2.75, 3.05) is 13.2 Å². The van der Waals surface area contributed by atoms with E-state index < -0.39 is 10.8 Å². The van der Waals surface area contributed by atoms with Crippen molar-refractivity contribution >= 4 is 44.5 Å². The quantitative estimate of drug-likeness (QED) is 0.211. The first kappa shape index (κ1) is 21.7.